The first-order valence-electron chi connectivity index (χ1n) is 5.51. The lowest BCUT2D eigenvalue weighted by atomic mass is 10.0. The van der Waals surface area contributed by atoms with Crippen LogP contribution in [0.25, 0.3) is 0 Å². The zero-order valence-electron chi connectivity index (χ0n) is 9.49. The van der Waals surface area contributed by atoms with E-state index in [0.29, 0.717) is 0 Å². The molecule has 84 valence electrons. The van der Waals surface area contributed by atoms with Gasteiger partial charge in [-0.15, -0.1) is 0 Å². The predicted molar refractivity (Wildman–Crippen MR) is 60.1 cm³/mol. The van der Waals surface area contributed by atoms with Crippen LogP contribution in [0, 0.1) is 6.92 Å². The molecular weight excluding hydrogens is 202 g/mol. The Labute approximate surface area is 93.9 Å². The third-order valence-electron chi connectivity index (χ3n) is 3.30. The molecular formula is C11H15N5. The van der Waals surface area contributed by atoms with Gasteiger partial charge >= 0.3 is 0 Å². The van der Waals surface area contributed by atoms with Crippen LogP contribution >= 0.6 is 0 Å². The molecule has 0 aliphatic carbocycles. The molecule has 1 aliphatic rings. The Balaban J connectivity index is 2.07. The van der Waals surface area contributed by atoms with E-state index in [9.17, 15) is 0 Å². The fraction of sp³-hybridized carbons (Fsp3) is 0.455. The smallest absolute Gasteiger partial charge is 0.105 e. The maximum atomic E-state index is 4.41. The highest BCUT2D eigenvalue weighted by molar-refractivity contribution is 5.28. The number of fused-ring (bicyclic) bond motifs is 1. The number of aromatic amines is 1. The van der Waals surface area contributed by atoms with Crippen LogP contribution in [-0.4, -0.2) is 26.1 Å². The number of nitrogens with zero attached hydrogens (tertiary/aromatic N) is 3. The molecule has 3 heterocycles. The maximum absolute atomic E-state index is 4.41. The largest absolute Gasteiger partial charge is 0.348 e. The minimum atomic E-state index is 0.168. The molecule has 0 aromatic carbocycles. The van der Waals surface area contributed by atoms with E-state index in [-0.39, 0.29) is 6.04 Å². The van der Waals surface area contributed by atoms with Gasteiger partial charge in [-0.25, -0.2) is 9.97 Å². The Morgan fingerprint density at radius 2 is 2.31 bits per heavy atom. The third-order valence-corrected chi connectivity index (χ3v) is 3.30. The maximum Gasteiger partial charge on any atom is 0.105 e. The molecule has 2 N–H and O–H groups in total. The van der Waals surface area contributed by atoms with E-state index in [0.717, 1.165) is 24.5 Å². The molecule has 2 aromatic rings. The number of aryl methyl sites for hydroxylation is 1. The lowest BCUT2D eigenvalue weighted by Crippen LogP contribution is -2.32. The molecule has 1 atom stereocenters. The van der Waals surface area contributed by atoms with Crippen LogP contribution in [0.3, 0.4) is 0 Å². The van der Waals surface area contributed by atoms with Crippen molar-refractivity contribution in [3.8, 4) is 0 Å². The standard InChI is InChI=1S/C11H15N5/c1-7-13-5-9(16(7)2)11-10-8(3-4-12-11)14-6-15-10/h5-6,11-12H,3-4H2,1-2H3,(H,14,15). The van der Waals surface area contributed by atoms with Crippen molar-refractivity contribution in [1.29, 1.82) is 0 Å². The fourth-order valence-electron chi connectivity index (χ4n) is 2.25. The average molecular weight is 217 g/mol. The Bertz CT molecular complexity index is 510. The molecule has 0 saturated heterocycles. The Hall–Kier alpha value is -1.62. The van der Waals surface area contributed by atoms with Crippen molar-refractivity contribution in [2.75, 3.05) is 6.54 Å². The summed E-state index contributed by atoms with van der Waals surface area (Å²) in [5.74, 6) is 1.03. The molecule has 0 amide bonds. The lowest BCUT2D eigenvalue weighted by Gasteiger charge is -2.23. The lowest BCUT2D eigenvalue weighted by molar-refractivity contribution is 0.528. The normalized spacial score (nSPS) is 19.8. The highest BCUT2D eigenvalue weighted by atomic mass is 15.1. The van der Waals surface area contributed by atoms with Crippen LogP contribution < -0.4 is 5.32 Å². The molecule has 5 heteroatoms. The fourth-order valence-corrected chi connectivity index (χ4v) is 2.25. The first-order valence-corrected chi connectivity index (χ1v) is 5.51. The Morgan fingerprint density at radius 3 is 3.06 bits per heavy atom. The van der Waals surface area contributed by atoms with Crippen molar-refractivity contribution in [2.45, 2.75) is 19.4 Å². The van der Waals surface area contributed by atoms with Crippen molar-refractivity contribution in [3.05, 3.63) is 35.4 Å². The average Bonchev–Trinajstić information content (AvgIpc) is 2.87. The van der Waals surface area contributed by atoms with Gasteiger partial charge in [0.2, 0.25) is 0 Å². The van der Waals surface area contributed by atoms with Gasteiger partial charge in [0.05, 0.1) is 30.0 Å². The van der Waals surface area contributed by atoms with E-state index in [2.05, 4.69) is 24.8 Å². The van der Waals surface area contributed by atoms with E-state index in [1.165, 1.54) is 11.4 Å². The Morgan fingerprint density at radius 1 is 1.44 bits per heavy atom. The second kappa shape index (κ2) is 3.45. The predicted octanol–water partition coefficient (Wildman–Crippen LogP) is 0.687. The molecule has 0 saturated carbocycles. The summed E-state index contributed by atoms with van der Waals surface area (Å²) < 4.78 is 2.11. The molecule has 0 radical (unpaired) electrons. The summed E-state index contributed by atoms with van der Waals surface area (Å²) in [5, 5.41) is 3.49. The van der Waals surface area contributed by atoms with Crippen molar-refractivity contribution in [1.82, 2.24) is 24.8 Å². The number of hydrogen-bond acceptors (Lipinski definition) is 3. The van der Waals surface area contributed by atoms with Gasteiger partial charge in [0, 0.05) is 25.7 Å². The summed E-state index contributed by atoms with van der Waals surface area (Å²) >= 11 is 0. The molecule has 0 spiro atoms. The zero-order valence-corrected chi connectivity index (χ0v) is 9.49. The van der Waals surface area contributed by atoms with E-state index in [1.807, 2.05) is 20.2 Å². The molecule has 5 nitrogen and oxygen atoms in total. The topological polar surface area (TPSA) is 58.5 Å². The van der Waals surface area contributed by atoms with E-state index >= 15 is 0 Å². The molecule has 0 fully saturated rings. The van der Waals surface area contributed by atoms with E-state index in [4.69, 9.17) is 0 Å². The van der Waals surface area contributed by atoms with Gasteiger partial charge in [-0.3, -0.25) is 0 Å². The van der Waals surface area contributed by atoms with Gasteiger partial charge in [-0.1, -0.05) is 0 Å². The van der Waals surface area contributed by atoms with Crippen molar-refractivity contribution in [2.24, 2.45) is 7.05 Å². The van der Waals surface area contributed by atoms with Crippen LogP contribution in [0.4, 0.5) is 0 Å². The summed E-state index contributed by atoms with van der Waals surface area (Å²) in [6, 6.07) is 0.168. The van der Waals surface area contributed by atoms with Crippen molar-refractivity contribution < 1.29 is 0 Å². The zero-order chi connectivity index (χ0) is 11.1. The molecule has 2 aromatic heterocycles. The van der Waals surface area contributed by atoms with Crippen LogP contribution in [0.15, 0.2) is 12.5 Å². The summed E-state index contributed by atoms with van der Waals surface area (Å²) in [7, 11) is 2.04. The van der Waals surface area contributed by atoms with Crippen LogP contribution in [0.1, 0.15) is 28.9 Å². The molecule has 3 rings (SSSR count). The van der Waals surface area contributed by atoms with Crippen molar-refractivity contribution >= 4 is 0 Å². The van der Waals surface area contributed by atoms with E-state index in [1.54, 1.807) is 6.33 Å². The van der Waals surface area contributed by atoms with Crippen LogP contribution in [0.2, 0.25) is 0 Å². The number of aromatic nitrogens is 4. The number of H-pyrrole nitrogens is 1. The highest BCUT2D eigenvalue weighted by Crippen LogP contribution is 2.25. The summed E-state index contributed by atoms with van der Waals surface area (Å²) in [4.78, 5) is 11.9. The molecule has 1 aliphatic heterocycles. The monoisotopic (exact) mass is 217 g/mol. The minimum Gasteiger partial charge on any atom is -0.348 e. The van der Waals surface area contributed by atoms with E-state index < -0.39 is 0 Å². The van der Waals surface area contributed by atoms with Gasteiger partial charge in [-0.05, 0) is 6.92 Å². The first-order chi connectivity index (χ1) is 7.77. The second-order valence-electron chi connectivity index (χ2n) is 4.19. The van der Waals surface area contributed by atoms with Gasteiger partial charge in [0.15, 0.2) is 0 Å². The number of nitrogens with one attached hydrogen (secondary N) is 2. The number of hydrogen-bond donors (Lipinski definition) is 2. The summed E-state index contributed by atoms with van der Waals surface area (Å²) in [5.41, 5.74) is 3.52. The molecule has 16 heavy (non-hydrogen) atoms. The summed E-state index contributed by atoms with van der Waals surface area (Å²) in [6.45, 7) is 2.99. The Kier molecular flexibility index (Phi) is 2.07. The highest BCUT2D eigenvalue weighted by Gasteiger charge is 2.26. The number of rotatable bonds is 1. The first kappa shape index (κ1) is 9.59. The van der Waals surface area contributed by atoms with Gasteiger partial charge < -0.3 is 14.9 Å². The number of imidazole rings is 2. The van der Waals surface area contributed by atoms with Crippen LogP contribution in [0.5, 0.6) is 0 Å². The van der Waals surface area contributed by atoms with Gasteiger partial charge in [-0.2, -0.15) is 0 Å². The minimum absolute atomic E-state index is 0.168. The van der Waals surface area contributed by atoms with Crippen LogP contribution in [-0.2, 0) is 13.5 Å². The van der Waals surface area contributed by atoms with Gasteiger partial charge in [0.1, 0.15) is 5.82 Å². The van der Waals surface area contributed by atoms with Gasteiger partial charge in [0.25, 0.3) is 0 Å². The van der Waals surface area contributed by atoms with Crippen molar-refractivity contribution in [3.63, 3.8) is 0 Å². The second-order valence-corrected chi connectivity index (χ2v) is 4.19. The quantitative estimate of drug-likeness (QED) is 0.738. The SMILES string of the molecule is Cc1ncc(C2NCCc3[nH]cnc32)n1C. The molecule has 1 unspecified atom stereocenters. The summed E-state index contributed by atoms with van der Waals surface area (Å²) in [6.07, 6.45) is 4.72. The third kappa shape index (κ3) is 1.28. The molecule has 0 bridgehead atoms.